The quantitative estimate of drug-likeness (QED) is 0.392. The highest BCUT2D eigenvalue weighted by Crippen LogP contribution is 2.34. The Morgan fingerprint density at radius 1 is 1.12 bits per heavy atom. The van der Waals surface area contributed by atoms with E-state index in [1.165, 1.54) is 21.7 Å². The lowest BCUT2D eigenvalue weighted by Gasteiger charge is -2.23. The van der Waals surface area contributed by atoms with Gasteiger partial charge in [0.15, 0.2) is 0 Å². The van der Waals surface area contributed by atoms with Crippen molar-refractivity contribution in [2.45, 2.75) is 38.4 Å². The molecule has 1 unspecified atom stereocenters. The minimum atomic E-state index is -0.280. The van der Waals surface area contributed by atoms with Gasteiger partial charge in [-0.3, -0.25) is 9.36 Å². The summed E-state index contributed by atoms with van der Waals surface area (Å²) in [6.45, 7) is 1.14. The van der Waals surface area contributed by atoms with Crippen molar-refractivity contribution in [3.63, 3.8) is 0 Å². The van der Waals surface area contributed by atoms with E-state index < -0.39 is 0 Å². The maximum Gasteiger partial charge on any atom is 0.262 e. The third kappa shape index (κ3) is 3.99. The van der Waals surface area contributed by atoms with E-state index in [0.29, 0.717) is 12.6 Å². The van der Waals surface area contributed by atoms with Crippen molar-refractivity contribution in [3.8, 4) is 0 Å². The van der Waals surface area contributed by atoms with Crippen LogP contribution in [0.5, 0.6) is 0 Å². The zero-order valence-corrected chi connectivity index (χ0v) is 19.4. The molecule has 1 aliphatic rings. The molecule has 0 bridgehead atoms. The molecule has 1 N–H and O–H groups in total. The highest BCUT2D eigenvalue weighted by molar-refractivity contribution is 7.19. The molecule has 0 radical (unpaired) electrons. The number of aryl methyl sites for hydroxylation is 1. The molecule has 3 aromatic heterocycles. The number of nitrogens with zero attached hydrogens (tertiary/aromatic N) is 3. The summed E-state index contributed by atoms with van der Waals surface area (Å²) >= 11 is 3.37. The number of nitrogens with one attached hydrogen (secondary N) is 1. The summed E-state index contributed by atoms with van der Waals surface area (Å²) in [7, 11) is 0. The topological polar surface area (TPSA) is 59.8 Å². The SMILES string of the molecule is O=c1c2c3c(sc2ncn1Cc1ccc(F)cc1)CC(NCc1nc2ccccc2s1)CC3. The van der Waals surface area contributed by atoms with Gasteiger partial charge >= 0.3 is 0 Å². The first-order valence-corrected chi connectivity index (χ1v) is 12.6. The predicted molar refractivity (Wildman–Crippen MR) is 132 cm³/mol. The lowest BCUT2D eigenvalue weighted by Crippen LogP contribution is -2.33. The normalized spacial score (nSPS) is 15.8. The van der Waals surface area contributed by atoms with Gasteiger partial charge in [0.25, 0.3) is 5.56 Å². The van der Waals surface area contributed by atoms with E-state index in [1.807, 2.05) is 12.1 Å². The van der Waals surface area contributed by atoms with E-state index >= 15 is 0 Å². The van der Waals surface area contributed by atoms with Gasteiger partial charge in [-0.05, 0) is 54.7 Å². The molecule has 5 nitrogen and oxygen atoms in total. The van der Waals surface area contributed by atoms with E-state index in [0.717, 1.165) is 57.7 Å². The van der Waals surface area contributed by atoms with Crippen LogP contribution in [-0.2, 0) is 25.9 Å². The van der Waals surface area contributed by atoms with Crippen LogP contribution in [0.15, 0.2) is 59.7 Å². The second-order valence-electron chi connectivity index (χ2n) is 8.38. The van der Waals surface area contributed by atoms with Gasteiger partial charge in [-0.25, -0.2) is 14.4 Å². The first kappa shape index (κ1) is 20.7. The number of hydrogen-bond donors (Lipinski definition) is 1. The number of thiophene rings is 1. The van der Waals surface area contributed by atoms with Crippen LogP contribution in [-0.4, -0.2) is 20.6 Å². The van der Waals surface area contributed by atoms with E-state index in [1.54, 1.807) is 45.7 Å². The average Bonchev–Trinajstić information content (AvgIpc) is 3.41. The molecule has 166 valence electrons. The molecule has 0 saturated heterocycles. The van der Waals surface area contributed by atoms with Crippen molar-refractivity contribution in [1.82, 2.24) is 19.9 Å². The fourth-order valence-electron chi connectivity index (χ4n) is 4.50. The number of fused-ring (bicyclic) bond motifs is 4. The lowest BCUT2D eigenvalue weighted by molar-refractivity contribution is 0.462. The maximum absolute atomic E-state index is 13.2. The second kappa shape index (κ2) is 8.44. The first-order chi connectivity index (χ1) is 16.1. The summed E-state index contributed by atoms with van der Waals surface area (Å²) in [6, 6.07) is 14.8. The van der Waals surface area contributed by atoms with E-state index in [9.17, 15) is 9.18 Å². The minimum absolute atomic E-state index is 0.0114. The molecule has 1 aliphatic carbocycles. The summed E-state index contributed by atoms with van der Waals surface area (Å²) in [5.74, 6) is -0.280. The zero-order valence-electron chi connectivity index (χ0n) is 17.8. The molecule has 0 aliphatic heterocycles. The number of aromatic nitrogens is 3. The van der Waals surface area contributed by atoms with Gasteiger partial charge in [0, 0.05) is 17.5 Å². The standard InChI is InChI=1S/C25H21FN4OS2/c26-16-7-5-15(6-8-16)13-30-14-28-24-23(25(30)31)18-10-9-17(11-21(18)33-24)27-12-22-29-19-3-1-2-4-20(19)32-22/h1-8,14,17,27H,9-13H2. The molecule has 0 saturated carbocycles. The first-order valence-electron chi connectivity index (χ1n) is 11.0. The number of halogens is 1. The van der Waals surface area contributed by atoms with Crippen LogP contribution in [0.4, 0.5) is 4.39 Å². The third-order valence-corrected chi connectivity index (χ3v) is 8.38. The van der Waals surface area contributed by atoms with Crippen LogP contribution in [0.25, 0.3) is 20.4 Å². The number of para-hydroxylation sites is 1. The Balaban J connectivity index is 1.21. The molecule has 0 fully saturated rings. The van der Waals surface area contributed by atoms with Crippen molar-refractivity contribution >= 4 is 43.1 Å². The van der Waals surface area contributed by atoms with Crippen molar-refractivity contribution in [2.75, 3.05) is 0 Å². The second-order valence-corrected chi connectivity index (χ2v) is 10.6. The average molecular weight is 477 g/mol. The van der Waals surface area contributed by atoms with Crippen LogP contribution in [0.2, 0.25) is 0 Å². The van der Waals surface area contributed by atoms with Crippen LogP contribution in [0.3, 0.4) is 0 Å². The Bertz CT molecular complexity index is 1490. The molecule has 8 heteroatoms. The summed E-state index contributed by atoms with van der Waals surface area (Å²) in [6.07, 6.45) is 4.36. The van der Waals surface area contributed by atoms with Gasteiger partial charge in [0.1, 0.15) is 15.7 Å². The van der Waals surface area contributed by atoms with Gasteiger partial charge in [-0.15, -0.1) is 22.7 Å². The molecule has 3 heterocycles. The Hall–Kier alpha value is -2.94. The summed E-state index contributed by atoms with van der Waals surface area (Å²) < 4.78 is 16.0. The van der Waals surface area contributed by atoms with Crippen LogP contribution >= 0.6 is 22.7 Å². The van der Waals surface area contributed by atoms with Gasteiger partial charge < -0.3 is 5.32 Å². The third-order valence-electron chi connectivity index (χ3n) is 6.18. The molecular formula is C25H21FN4OS2. The van der Waals surface area contributed by atoms with Crippen molar-refractivity contribution in [2.24, 2.45) is 0 Å². The molecular weight excluding hydrogens is 455 g/mol. The fourth-order valence-corrected chi connectivity index (χ4v) is 6.68. The number of hydrogen-bond acceptors (Lipinski definition) is 6. The van der Waals surface area contributed by atoms with Crippen LogP contribution < -0.4 is 10.9 Å². The van der Waals surface area contributed by atoms with Crippen molar-refractivity contribution in [3.05, 3.63) is 92.0 Å². The van der Waals surface area contributed by atoms with Crippen LogP contribution in [0.1, 0.15) is 27.4 Å². The highest BCUT2D eigenvalue weighted by Gasteiger charge is 2.25. The minimum Gasteiger partial charge on any atom is -0.307 e. The smallest absolute Gasteiger partial charge is 0.262 e. The zero-order chi connectivity index (χ0) is 22.4. The van der Waals surface area contributed by atoms with E-state index in [2.05, 4.69) is 22.4 Å². The van der Waals surface area contributed by atoms with Gasteiger partial charge in [-0.2, -0.15) is 0 Å². The molecule has 33 heavy (non-hydrogen) atoms. The fraction of sp³-hybridized carbons (Fsp3) is 0.240. The molecule has 6 rings (SSSR count). The van der Waals surface area contributed by atoms with E-state index in [4.69, 9.17) is 4.98 Å². The van der Waals surface area contributed by atoms with Gasteiger partial charge in [-0.1, -0.05) is 24.3 Å². The maximum atomic E-state index is 13.2. The Labute approximate surface area is 197 Å². The van der Waals surface area contributed by atoms with Crippen LogP contribution in [0, 0.1) is 5.82 Å². The van der Waals surface area contributed by atoms with Gasteiger partial charge in [0.2, 0.25) is 0 Å². The van der Waals surface area contributed by atoms with Crippen molar-refractivity contribution < 1.29 is 4.39 Å². The summed E-state index contributed by atoms with van der Waals surface area (Å²) in [5, 5.41) is 5.52. The number of benzene rings is 2. The molecule has 5 aromatic rings. The molecule has 0 spiro atoms. The summed E-state index contributed by atoms with van der Waals surface area (Å²) in [5.41, 5.74) is 3.07. The Morgan fingerprint density at radius 3 is 2.82 bits per heavy atom. The molecule has 1 atom stereocenters. The number of thiazole rings is 1. The molecule has 2 aromatic carbocycles. The van der Waals surface area contributed by atoms with Gasteiger partial charge in [0.05, 0.1) is 28.5 Å². The van der Waals surface area contributed by atoms with Crippen molar-refractivity contribution in [1.29, 1.82) is 0 Å². The molecule has 0 amide bonds. The highest BCUT2D eigenvalue weighted by atomic mass is 32.1. The largest absolute Gasteiger partial charge is 0.307 e. The lowest BCUT2D eigenvalue weighted by atomic mass is 9.93. The van der Waals surface area contributed by atoms with E-state index in [-0.39, 0.29) is 11.4 Å². The predicted octanol–water partition coefficient (Wildman–Crippen LogP) is 4.90. The Morgan fingerprint density at radius 2 is 1.97 bits per heavy atom. The monoisotopic (exact) mass is 476 g/mol. The summed E-state index contributed by atoms with van der Waals surface area (Å²) in [4.78, 5) is 24.6. The number of rotatable bonds is 5. The Kier molecular flexibility index (Phi) is 5.28.